The molecule has 3 amide bonds. The Morgan fingerprint density at radius 3 is 2.82 bits per heavy atom. The number of rotatable bonds is 4. The van der Waals surface area contributed by atoms with E-state index in [0.29, 0.717) is 31.4 Å². The summed E-state index contributed by atoms with van der Waals surface area (Å²) >= 11 is 1.16. The number of aromatic nitrogens is 5. The molecule has 0 radical (unpaired) electrons. The summed E-state index contributed by atoms with van der Waals surface area (Å²) in [5.74, 6) is 0.924. The summed E-state index contributed by atoms with van der Waals surface area (Å²) < 4.78 is 15.4. The molecule has 1 aliphatic heterocycles. The van der Waals surface area contributed by atoms with Gasteiger partial charge in [-0.3, -0.25) is 5.32 Å². The van der Waals surface area contributed by atoms with Crippen molar-refractivity contribution in [2.75, 3.05) is 18.4 Å². The summed E-state index contributed by atoms with van der Waals surface area (Å²) in [5, 5.41) is 10.0. The molecule has 1 aliphatic rings. The molecule has 0 aliphatic carbocycles. The lowest BCUT2D eigenvalue weighted by Gasteiger charge is -2.33. The van der Waals surface area contributed by atoms with Crippen molar-refractivity contribution in [1.29, 1.82) is 0 Å². The van der Waals surface area contributed by atoms with Gasteiger partial charge in [-0.1, -0.05) is 6.07 Å². The third-order valence-corrected chi connectivity index (χ3v) is 5.77. The van der Waals surface area contributed by atoms with Crippen molar-refractivity contribution in [3.8, 4) is 0 Å². The first-order valence-corrected chi connectivity index (χ1v) is 11.6. The van der Waals surface area contributed by atoms with E-state index >= 15 is 0 Å². The molecule has 1 unspecified atom stereocenters. The molecule has 1 aromatic carbocycles. The molecule has 0 saturated carbocycles. The summed E-state index contributed by atoms with van der Waals surface area (Å²) in [5.41, 5.74) is 2.03. The number of carbonyl (C=O) groups excluding carboxylic acids is 2. The van der Waals surface area contributed by atoms with Gasteiger partial charge in [0.25, 0.3) is 0 Å². The normalized spacial score (nSPS) is 16.6. The van der Waals surface area contributed by atoms with E-state index in [9.17, 15) is 9.59 Å². The quantitative estimate of drug-likeness (QED) is 0.597. The van der Waals surface area contributed by atoms with Crippen LogP contribution in [0.15, 0.2) is 18.2 Å². The largest absolute Gasteiger partial charge is 0.444 e. The Kier molecular flexibility index (Phi) is 6.45. The zero-order valence-electron chi connectivity index (χ0n) is 19.2. The van der Waals surface area contributed by atoms with Crippen molar-refractivity contribution in [2.24, 2.45) is 7.05 Å². The summed E-state index contributed by atoms with van der Waals surface area (Å²) in [6.07, 6.45) is 1.38. The molecule has 1 saturated heterocycles. The number of nitrogens with zero attached hydrogens (tertiary/aromatic N) is 6. The van der Waals surface area contributed by atoms with E-state index in [0.717, 1.165) is 41.2 Å². The zero-order chi connectivity index (χ0) is 23.6. The van der Waals surface area contributed by atoms with E-state index in [1.807, 2.05) is 39.0 Å². The van der Waals surface area contributed by atoms with E-state index in [1.54, 1.807) is 11.9 Å². The van der Waals surface area contributed by atoms with Gasteiger partial charge >= 0.3 is 12.1 Å². The molecule has 4 rings (SSSR count). The molecular weight excluding hydrogens is 444 g/mol. The lowest BCUT2D eigenvalue weighted by atomic mass is 9.98. The molecule has 1 fully saturated rings. The molecule has 1 atom stereocenters. The number of hydrogen-bond acceptors (Lipinski definition) is 8. The van der Waals surface area contributed by atoms with E-state index in [1.165, 1.54) is 4.68 Å². The van der Waals surface area contributed by atoms with Gasteiger partial charge in [-0.25, -0.2) is 14.3 Å². The first-order valence-electron chi connectivity index (χ1n) is 10.8. The van der Waals surface area contributed by atoms with E-state index in [-0.39, 0.29) is 18.0 Å². The number of likely N-dealkylation sites (tertiary alicyclic amines) is 1. The number of nitrogens with one attached hydrogen (secondary N) is 2. The molecule has 3 heterocycles. The van der Waals surface area contributed by atoms with Gasteiger partial charge in [0, 0.05) is 32.6 Å². The van der Waals surface area contributed by atoms with Crippen molar-refractivity contribution in [1.82, 2.24) is 33.7 Å². The van der Waals surface area contributed by atoms with Gasteiger partial charge in [-0.2, -0.15) is 18.8 Å². The molecule has 0 bridgehead atoms. The maximum Gasteiger partial charge on any atom is 0.410 e. The van der Waals surface area contributed by atoms with Gasteiger partial charge in [0.2, 0.25) is 5.95 Å². The van der Waals surface area contributed by atoms with Crippen LogP contribution in [0.4, 0.5) is 15.5 Å². The number of aryl methyl sites for hydroxylation is 1. The third-order valence-electron chi connectivity index (χ3n) is 5.21. The number of ether oxygens (including phenoxy) is 1. The van der Waals surface area contributed by atoms with Crippen LogP contribution in [0.25, 0.3) is 11.0 Å². The average molecular weight is 473 g/mol. The average Bonchev–Trinajstić information content (AvgIpc) is 3.37. The second-order valence-corrected chi connectivity index (χ2v) is 9.61. The number of carbonyl (C=O) groups is 2. The Morgan fingerprint density at radius 1 is 1.24 bits per heavy atom. The maximum atomic E-state index is 12.4. The number of benzene rings is 1. The highest BCUT2D eigenvalue weighted by Gasteiger charge is 2.30. The van der Waals surface area contributed by atoms with Crippen LogP contribution in [0.2, 0.25) is 0 Å². The summed E-state index contributed by atoms with van der Waals surface area (Å²) in [6.45, 7) is 7.03. The number of urea groups is 1. The molecule has 3 aromatic rings. The first-order chi connectivity index (χ1) is 15.7. The van der Waals surface area contributed by atoms with Crippen molar-refractivity contribution >= 4 is 40.8 Å². The molecule has 11 nitrogen and oxygen atoms in total. The van der Waals surface area contributed by atoms with Crippen LogP contribution in [-0.2, 0) is 18.3 Å². The third kappa shape index (κ3) is 5.75. The van der Waals surface area contributed by atoms with Crippen LogP contribution in [0.5, 0.6) is 0 Å². The Balaban J connectivity index is 1.34. The van der Waals surface area contributed by atoms with Crippen molar-refractivity contribution in [3.05, 3.63) is 29.6 Å². The monoisotopic (exact) mass is 472 g/mol. The first kappa shape index (κ1) is 22.9. The van der Waals surface area contributed by atoms with Gasteiger partial charge in [0.05, 0.1) is 11.7 Å². The lowest BCUT2D eigenvalue weighted by Crippen LogP contribution is -2.42. The predicted molar refractivity (Wildman–Crippen MR) is 124 cm³/mol. The highest BCUT2D eigenvalue weighted by Crippen LogP contribution is 2.26. The standard InChI is InChI=1S/C21H28N8O3S/c1-21(2,3)32-20(31)29-9-5-6-14(12-29)17-23-18(28(4)25-17)24-19(30)22-11-13-7-8-15-16(10-13)27-33-26-15/h7-8,10,14H,5-6,9,11-12H2,1-4H3,(H2,22,23,24,25,30). The fourth-order valence-electron chi connectivity index (χ4n) is 3.63. The van der Waals surface area contributed by atoms with Gasteiger partial charge in [0.1, 0.15) is 16.6 Å². The Morgan fingerprint density at radius 2 is 2.03 bits per heavy atom. The van der Waals surface area contributed by atoms with Crippen LogP contribution in [0, 0.1) is 0 Å². The summed E-state index contributed by atoms with van der Waals surface area (Å²) in [7, 11) is 1.73. The van der Waals surface area contributed by atoms with Crippen LogP contribution >= 0.6 is 11.7 Å². The van der Waals surface area contributed by atoms with Crippen molar-refractivity contribution < 1.29 is 14.3 Å². The fraction of sp³-hybridized carbons (Fsp3) is 0.524. The number of hydrogen-bond donors (Lipinski definition) is 2. The molecule has 33 heavy (non-hydrogen) atoms. The van der Waals surface area contributed by atoms with E-state index in [2.05, 4.69) is 29.5 Å². The number of piperidine rings is 1. The van der Waals surface area contributed by atoms with Crippen LogP contribution in [0.3, 0.4) is 0 Å². The summed E-state index contributed by atoms with van der Waals surface area (Å²) in [4.78, 5) is 31.1. The maximum absolute atomic E-state index is 12.4. The van der Waals surface area contributed by atoms with Crippen molar-refractivity contribution in [2.45, 2.75) is 51.7 Å². The van der Waals surface area contributed by atoms with Crippen LogP contribution in [0.1, 0.15) is 50.9 Å². The fourth-order valence-corrected chi connectivity index (χ4v) is 4.15. The van der Waals surface area contributed by atoms with Crippen LogP contribution < -0.4 is 10.6 Å². The molecule has 2 N–H and O–H groups in total. The molecule has 176 valence electrons. The van der Waals surface area contributed by atoms with Gasteiger partial charge in [-0.15, -0.1) is 0 Å². The predicted octanol–water partition coefficient (Wildman–Crippen LogP) is 3.26. The Labute approximate surface area is 195 Å². The highest BCUT2D eigenvalue weighted by atomic mass is 32.1. The van der Waals surface area contributed by atoms with Crippen molar-refractivity contribution in [3.63, 3.8) is 0 Å². The molecular formula is C21H28N8O3S. The molecule has 12 heteroatoms. The summed E-state index contributed by atoms with van der Waals surface area (Å²) in [6, 6.07) is 5.31. The highest BCUT2D eigenvalue weighted by molar-refractivity contribution is 7.00. The van der Waals surface area contributed by atoms with E-state index in [4.69, 9.17) is 4.74 Å². The lowest BCUT2D eigenvalue weighted by molar-refractivity contribution is 0.0196. The van der Waals surface area contributed by atoms with Gasteiger partial charge in [0.15, 0.2) is 5.82 Å². The zero-order valence-corrected chi connectivity index (χ0v) is 20.0. The number of anilines is 1. The van der Waals surface area contributed by atoms with Crippen LogP contribution in [-0.4, -0.2) is 59.2 Å². The SMILES string of the molecule is Cn1nc(C2CCCN(C(=O)OC(C)(C)C)C2)nc1NC(=O)NCc1ccc2nsnc2c1. The second-order valence-electron chi connectivity index (χ2n) is 9.08. The molecule has 2 aromatic heterocycles. The molecule has 0 spiro atoms. The van der Waals surface area contributed by atoms with Gasteiger partial charge in [-0.05, 0) is 51.3 Å². The number of amides is 3. The number of fused-ring (bicyclic) bond motifs is 1. The second kappa shape index (κ2) is 9.30. The Bertz CT molecular complexity index is 1150. The van der Waals surface area contributed by atoms with Gasteiger partial charge < -0.3 is 15.0 Å². The van der Waals surface area contributed by atoms with E-state index < -0.39 is 5.60 Å². The smallest absolute Gasteiger partial charge is 0.410 e. The Hall–Kier alpha value is -3.28. The topological polar surface area (TPSA) is 127 Å². The minimum Gasteiger partial charge on any atom is -0.444 e. The minimum atomic E-state index is -0.541. The minimum absolute atomic E-state index is 0.0190.